The fourth-order valence-corrected chi connectivity index (χ4v) is 6.67. The lowest BCUT2D eigenvalue weighted by Gasteiger charge is -2.27. The Bertz CT molecular complexity index is 1010. The molecule has 2 aromatic rings. The van der Waals surface area contributed by atoms with E-state index in [1.165, 1.54) is 23.4 Å². The quantitative estimate of drug-likeness (QED) is 0.677. The highest BCUT2D eigenvalue weighted by Gasteiger charge is 2.47. The molecule has 0 bridgehead atoms. The van der Waals surface area contributed by atoms with Gasteiger partial charge in [0.05, 0.1) is 29.3 Å². The molecule has 0 aliphatic carbocycles. The van der Waals surface area contributed by atoms with Crippen LogP contribution < -0.4 is 4.90 Å². The second-order valence-corrected chi connectivity index (χ2v) is 10.9. The van der Waals surface area contributed by atoms with E-state index in [-0.39, 0.29) is 23.6 Å². The molecule has 0 saturated carbocycles. The first kappa shape index (κ1) is 19.0. The summed E-state index contributed by atoms with van der Waals surface area (Å²) >= 11 is 4.79. The first-order valence-corrected chi connectivity index (χ1v) is 12.1. The van der Waals surface area contributed by atoms with Crippen LogP contribution in [0.15, 0.2) is 51.9 Å². The lowest BCUT2D eigenvalue weighted by atomic mass is 10.1. The molecule has 8 heteroatoms. The summed E-state index contributed by atoms with van der Waals surface area (Å²) in [6.07, 6.45) is 0. The summed E-state index contributed by atoms with van der Waals surface area (Å²) in [6, 6.07) is 12.4. The molecule has 27 heavy (non-hydrogen) atoms. The summed E-state index contributed by atoms with van der Waals surface area (Å²) in [5, 5.41) is 0.682. The van der Waals surface area contributed by atoms with E-state index in [4.69, 9.17) is 0 Å². The highest BCUT2D eigenvalue weighted by atomic mass is 79.9. The average Bonchev–Trinajstić information content (AvgIpc) is 3.06. The van der Waals surface area contributed by atoms with Crippen LogP contribution in [0.3, 0.4) is 0 Å². The Hall–Kier alpha value is -1.38. The number of rotatable bonds is 3. The van der Waals surface area contributed by atoms with E-state index in [0.29, 0.717) is 21.1 Å². The summed E-state index contributed by atoms with van der Waals surface area (Å²) in [4.78, 5) is 6.42. The van der Waals surface area contributed by atoms with Crippen molar-refractivity contribution in [1.82, 2.24) is 0 Å². The van der Waals surface area contributed by atoms with E-state index in [1.54, 1.807) is 17.0 Å². The minimum absolute atomic E-state index is 0.00522. The van der Waals surface area contributed by atoms with Gasteiger partial charge >= 0.3 is 0 Å². The number of sulfone groups is 1. The Kier molecular flexibility index (Phi) is 5.07. The predicted octanol–water partition coefficient (Wildman–Crippen LogP) is 4.17. The van der Waals surface area contributed by atoms with Gasteiger partial charge in [0, 0.05) is 10.2 Å². The molecule has 2 heterocycles. The van der Waals surface area contributed by atoms with E-state index in [2.05, 4.69) is 45.2 Å². The summed E-state index contributed by atoms with van der Waals surface area (Å²) in [7, 11) is -3.15. The largest absolute Gasteiger partial charge is 0.312 e. The molecule has 2 aliphatic rings. The molecule has 0 unspecified atom stereocenters. The number of thioether (sulfide) groups is 1. The molecule has 2 atom stereocenters. The van der Waals surface area contributed by atoms with Crippen LogP contribution in [-0.4, -0.2) is 37.2 Å². The minimum Gasteiger partial charge on any atom is -0.312 e. The Morgan fingerprint density at radius 2 is 1.96 bits per heavy atom. The molecule has 1 saturated heterocycles. The first-order valence-electron chi connectivity index (χ1n) is 8.53. The van der Waals surface area contributed by atoms with Crippen LogP contribution in [0.25, 0.3) is 0 Å². The standard InChI is InChI=1S/C19H18BrFN2O2S2/c1-12-2-4-13(5-3-12)9-26-19-22-16-10-27(24,25)11-18(16)23(19)17-7-6-14(20)8-15(17)21/h2-8,16,18H,9-11H2,1H3/t16-,18+/m0/s1. The van der Waals surface area contributed by atoms with Crippen molar-refractivity contribution in [3.8, 4) is 0 Å². The topological polar surface area (TPSA) is 49.7 Å². The van der Waals surface area contributed by atoms with Crippen molar-refractivity contribution in [2.75, 3.05) is 16.4 Å². The van der Waals surface area contributed by atoms with Crippen molar-refractivity contribution in [2.24, 2.45) is 4.99 Å². The van der Waals surface area contributed by atoms with Crippen molar-refractivity contribution in [3.05, 3.63) is 63.9 Å². The Morgan fingerprint density at radius 1 is 1.22 bits per heavy atom. The zero-order valence-electron chi connectivity index (χ0n) is 14.6. The van der Waals surface area contributed by atoms with Crippen LogP contribution in [0, 0.1) is 12.7 Å². The molecule has 0 radical (unpaired) electrons. The van der Waals surface area contributed by atoms with Gasteiger partial charge in [0.25, 0.3) is 0 Å². The molecule has 2 aliphatic heterocycles. The zero-order valence-corrected chi connectivity index (χ0v) is 17.8. The van der Waals surface area contributed by atoms with Gasteiger partial charge in [-0.1, -0.05) is 57.5 Å². The van der Waals surface area contributed by atoms with Gasteiger partial charge < -0.3 is 4.90 Å². The van der Waals surface area contributed by atoms with Crippen LogP contribution in [0.1, 0.15) is 11.1 Å². The second-order valence-electron chi connectivity index (χ2n) is 6.86. The lowest BCUT2D eigenvalue weighted by Crippen LogP contribution is -2.39. The van der Waals surface area contributed by atoms with Crippen molar-refractivity contribution < 1.29 is 12.8 Å². The van der Waals surface area contributed by atoms with Gasteiger partial charge in [-0.05, 0) is 30.7 Å². The number of hydrogen-bond acceptors (Lipinski definition) is 5. The van der Waals surface area contributed by atoms with Gasteiger partial charge in [-0.25, -0.2) is 12.8 Å². The summed E-state index contributed by atoms with van der Waals surface area (Å²) < 4.78 is 39.4. The third-order valence-electron chi connectivity index (χ3n) is 4.77. The normalized spacial score (nSPS) is 23.4. The van der Waals surface area contributed by atoms with Crippen molar-refractivity contribution in [2.45, 2.75) is 24.8 Å². The Morgan fingerprint density at radius 3 is 2.67 bits per heavy atom. The maximum absolute atomic E-state index is 14.6. The molecular weight excluding hydrogens is 451 g/mol. The number of fused-ring (bicyclic) bond motifs is 1. The maximum atomic E-state index is 14.6. The van der Waals surface area contributed by atoms with Gasteiger partial charge in [0.2, 0.25) is 0 Å². The average molecular weight is 469 g/mol. The third kappa shape index (κ3) is 3.93. The van der Waals surface area contributed by atoms with E-state index in [1.807, 2.05) is 6.92 Å². The molecule has 2 aromatic carbocycles. The van der Waals surface area contributed by atoms with E-state index in [9.17, 15) is 12.8 Å². The highest BCUT2D eigenvalue weighted by molar-refractivity contribution is 9.10. The first-order chi connectivity index (χ1) is 12.8. The van der Waals surface area contributed by atoms with Gasteiger partial charge in [-0.2, -0.15) is 0 Å². The number of anilines is 1. The molecule has 0 amide bonds. The number of hydrogen-bond donors (Lipinski definition) is 0. The Labute approximate surface area is 170 Å². The van der Waals surface area contributed by atoms with Crippen LogP contribution in [0.4, 0.5) is 10.1 Å². The van der Waals surface area contributed by atoms with Gasteiger partial charge in [-0.3, -0.25) is 4.99 Å². The molecule has 4 nitrogen and oxygen atoms in total. The van der Waals surface area contributed by atoms with Crippen LogP contribution in [-0.2, 0) is 15.6 Å². The smallest absolute Gasteiger partial charge is 0.164 e. The molecule has 142 valence electrons. The van der Waals surface area contributed by atoms with E-state index in [0.717, 1.165) is 5.56 Å². The Balaban J connectivity index is 1.64. The van der Waals surface area contributed by atoms with Crippen LogP contribution in [0.2, 0.25) is 0 Å². The number of amidine groups is 1. The molecule has 0 N–H and O–H groups in total. The third-order valence-corrected chi connectivity index (χ3v) is 8.00. The summed E-state index contributed by atoms with van der Waals surface area (Å²) in [6.45, 7) is 2.04. The predicted molar refractivity (Wildman–Crippen MR) is 113 cm³/mol. The van der Waals surface area contributed by atoms with Gasteiger partial charge in [0.15, 0.2) is 15.0 Å². The molecule has 0 spiro atoms. The molecule has 4 rings (SSSR count). The van der Waals surface area contributed by atoms with Crippen LogP contribution in [0.5, 0.6) is 0 Å². The van der Waals surface area contributed by atoms with Crippen molar-refractivity contribution >= 4 is 48.4 Å². The lowest BCUT2D eigenvalue weighted by molar-refractivity contribution is 0.600. The number of aliphatic imine (C=N–C) groups is 1. The fraction of sp³-hybridized carbons (Fsp3) is 0.316. The number of halogens is 2. The highest BCUT2D eigenvalue weighted by Crippen LogP contribution is 2.37. The fourth-order valence-electron chi connectivity index (χ4n) is 3.42. The number of aryl methyl sites for hydroxylation is 1. The number of nitrogens with zero attached hydrogens (tertiary/aromatic N) is 2. The SMILES string of the molecule is Cc1ccc(CSC2=N[C@H]3CS(=O)(=O)C[C@H]3N2c2ccc(Br)cc2F)cc1. The van der Waals surface area contributed by atoms with E-state index >= 15 is 0 Å². The maximum Gasteiger partial charge on any atom is 0.164 e. The summed E-state index contributed by atoms with van der Waals surface area (Å²) in [5.74, 6) is 0.338. The van der Waals surface area contributed by atoms with Crippen LogP contribution >= 0.6 is 27.7 Å². The van der Waals surface area contributed by atoms with Crippen molar-refractivity contribution in [1.29, 1.82) is 0 Å². The minimum atomic E-state index is -3.15. The second kappa shape index (κ2) is 7.22. The molecule has 0 aromatic heterocycles. The number of benzene rings is 2. The van der Waals surface area contributed by atoms with Gasteiger partial charge in [0.1, 0.15) is 5.82 Å². The molecule has 1 fully saturated rings. The summed E-state index contributed by atoms with van der Waals surface area (Å²) in [5.41, 5.74) is 2.72. The van der Waals surface area contributed by atoms with Gasteiger partial charge in [-0.15, -0.1) is 0 Å². The molecular formula is C19H18BrFN2O2S2. The monoisotopic (exact) mass is 468 g/mol. The van der Waals surface area contributed by atoms with E-state index < -0.39 is 15.7 Å². The zero-order chi connectivity index (χ0) is 19.2. The van der Waals surface area contributed by atoms with Crippen molar-refractivity contribution in [3.63, 3.8) is 0 Å².